The molecule has 134 valence electrons. The van der Waals surface area contributed by atoms with E-state index in [0.29, 0.717) is 11.6 Å². The quantitative estimate of drug-likeness (QED) is 0.750. The number of rotatable bonds is 8. The molecule has 1 unspecified atom stereocenters. The lowest BCUT2D eigenvalue weighted by molar-refractivity contribution is -0.115. The van der Waals surface area contributed by atoms with Gasteiger partial charge in [0.2, 0.25) is 11.8 Å². The number of carbonyl (C=O) groups excluding carboxylic acids is 2. The second-order valence-electron chi connectivity index (χ2n) is 5.76. The number of hydrogen-bond donors (Lipinski definition) is 2. The molecule has 0 aliphatic carbocycles. The minimum absolute atomic E-state index is 0.134. The van der Waals surface area contributed by atoms with Crippen LogP contribution in [0, 0.1) is 6.92 Å². The van der Waals surface area contributed by atoms with Crippen LogP contribution in [0.3, 0.4) is 0 Å². The maximum absolute atomic E-state index is 12.0. The van der Waals surface area contributed by atoms with Crippen LogP contribution in [0.15, 0.2) is 34.9 Å². The third-order valence-corrected chi connectivity index (χ3v) is 4.63. The summed E-state index contributed by atoms with van der Waals surface area (Å²) < 4.78 is 4.90. The van der Waals surface area contributed by atoms with Gasteiger partial charge < -0.3 is 15.2 Å². The van der Waals surface area contributed by atoms with Gasteiger partial charge in [-0.2, -0.15) is 0 Å². The van der Waals surface area contributed by atoms with Crippen LogP contribution in [0.4, 0.5) is 11.5 Å². The Bertz CT molecular complexity index is 713. The Morgan fingerprint density at radius 3 is 2.56 bits per heavy atom. The number of nitrogens with one attached hydrogen (secondary N) is 2. The highest BCUT2D eigenvalue weighted by molar-refractivity contribution is 8.01. The molecular weight excluding hydrogens is 338 g/mol. The topological polar surface area (TPSA) is 84.2 Å². The van der Waals surface area contributed by atoms with Crippen molar-refractivity contribution in [1.29, 1.82) is 0 Å². The highest BCUT2D eigenvalue weighted by Crippen LogP contribution is 2.16. The van der Waals surface area contributed by atoms with Crippen molar-refractivity contribution in [3.8, 4) is 0 Å². The minimum Gasteiger partial charge on any atom is -0.360 e. The van der Waals surface area contributed by atoms with E-state index in [2.05, 4.69) is 22.7 Å². The number of nitrogens with zero attached hydrogens (tertiary/aromatic N) is 1. The van der Waals surface area contributed by atoms with E-state index < -0.39 is 0 Å². The maximum Gasteiger partial charge on any atom is 0.238 e. The van der Waals surface area contributed by atoms with Crippen molar-refractivity contribution in [2.45, 2.75) is 38.9 Å². The van der Waals surface area contributed by atoms with Crippen molar-refractivity contribution in [3.63, 3.8) is 0 Å². The van der Waals surface area contributed by atoms with Gasteiger partial charge in [0.1, 0.15) is 5.76 Å². The molecule has 0 fully saturated rings. The minimum atomic E-state index is -0.380. The summed E-state index contributed by atoms with van der Waals surface area (Å²) in [5.74, 6) is 0.857. The summed E-state index contributed by atoms with van der Waals surface area (Å²) in [5, 5.41) is 8.83. The normalized spacial score (nSPS) is 11.8. The summed E-state index contributed by atoms with van der Waals surface area (Å²) in [5.41, 5.74) is 2.02. The predicted octanol–water partition coefficient (Wildman–Crippen LogP) is 3.63. The smallest absolute Gasteiger partial charge is 0.238 e. The maximum atomic E-state index is 12.0. The molecule has 2 N–H and O–H groups in total. The Morgan fingerprint density at radius 2 is 1.96 bits per heavy atom. The molecular formula is C18H23N3O3S. The van der Waals surface area contributed by atoms with Crippen molar-refractivity contribution in [2.75, 3.05) is 16.4 Å². The molecule has 0 saturated carbocycles. The summed E-state index contributed by atoms with van der Waals surface area (Å²) in [6.45, 7) is 5.63. The molecule has 1 aromatic heterocycles. The molecule has 0 aliphatic rings. The molecule has 6 nitrogen and oxygen atoms in total. The molecule has 0 radical (unpaired) electrons. The molecule has 2 aromatic rings. The van der Waals surface area contributed by atoms with Crippen LogP contribution in [-0.4, -0.2) is 28.0 Å². The monoisotopic (exact) mass is 361 g/mol. The summed E-state index contributed by atoms with van der Waals surface area (Å²) in [7, 11) is 0. The average molecular weight is 361 g/mol. The molecule has 2 rings (SSSR count). The Hall–Kier alpha value is -2.28. The van der Waals surface area contributed by atoms with Gasteiger partial charge in [0.05, 0.1) is 11.0 Å². The summed E-state index contributed by atoms with van der Waals surface area (Å²) in [6, 6.07) is 9.47. The van der Waals surface area contributed by atoms with Crippen molar-refractivity contribution < 1.29 is 14.1 Å². The number of benzene rings is 1. The van der Waals surface area contributed by atoms with E-state index in [9.17, 15) is 9.59 Å². The Balaban J connectivity index is 1.75. The van der Waals surface area contributed by atoms with E-state index in [1.807, 2.05) is 24.3 Å². The Morgan fingerprint density at radius 1 is 1.24 bits per heavy atom. The van der Waals surface area contributed by atoms with Gasteiger partial charge in [-0.05, 0) is 38.0 Å². The second kappa shape index (κ2) is 9.27. The number of amides is 2. The molecule has 1 aromatic carbocycles. The lowest BCUT2D eigenvalue weighted by Crippen LogP contribution is -2.25. The van der Waals surface area contributed by atoms with E-state index in [-0.39, 0.29) is 22.8 Å². The van der Waals surface area contributed by atoms with E-state index in [4.69, 9.17) is 4.52 Å². The van der Waals surface area contributed by atoms with Crippen molar-refractivity contribution in [2.24, 2.45) is 0 Å². The summed E-state index contributed by atoms with van der Waals surface area (Å²) in [6.07, 6.45) is 2.12. The predicted molar refractivity (Wildman–Crippen MR) is 101 cm³/mol. The first-order chi connectivity index (χ1) is 12.0. The van der Waals surface area contributed by atoms with Crippen LogP contribution in [-0.2, 0) is 16.0 Å². The standard InChI is InChI=1S/C18H23N3O3S/c1-4-5-14-6-8-15(9-7-14)19-17(22)11-25-13(3)18(23)20-16-10-12(2)24-21-16/h6-10,13H,4-5,11H2,1-3H3,(H,19,22)(H,20,21,23). The zero-order valence-electron chi connectivity index (χ0n) is 14.7. The van der Waals surface area contributed by atoms with Gasteiger partial charge in [0.15, 0.2) is 5.82 Å². The third-order valence-electron chi connectivity index (χ3n) is 3.49. The number of hydrogen-bond acceptors (Lipinski definition) is 5. The van der Waals surface area contributed by atoms with E-state index in [1.54, 1.807) is 19.9 Å². The van der Waals surface area contributed by atoms with Gasteiger partial charge in [0.25, 0.3) is 0 Å². The Kier molecular flexibility index (Phi) is 7.06. The molecule has 0 spiro atoms. The zero-order valence-corrected chi connectivity index (χ0v) is 15.5. The van der Waals surface area contributed by atoms with Gasteiger partial charge in [0, 0.05) is 11.8 Å². The van der Waals surface area contributed by atoms with Crippen LogP contribution in [0.1, 0.15) is 31.6 Å². The van der Waals surface area contributed by atoms with Gasteiger partial charge in [-0.25, -0.2) is 0 Å². The Labute approximate surface area is 151 Å². The van der Waals surface area contributed by atoms with Gasteiger partial charge in [-0.1, -0.05) is 30.6 Å². The van der Waals surface area contributed by atoms with Gasteiger partial charge in [-0.3, -0.25) is 9.59 Å². The van der Waals surface area contributed by atoms with E-state index >= 15 is 0 Å². The van der Waals surface area contributed by atoms with Crippen molar-refractivity contribution >= 4 is 35.1 Å². The van der Waals surface area contributed by atoms with Crippen LogP contribution in [0.2, 0.25) is 0 Å². The second-order valence-corrected chi connectivity index (χ2v) is 7.09. The van der Waals surface area contributed by atoms with Crippen LogP contribution in [0.25, 0.3) is 0 Å². The summed E-state index contributed by atoms with van der Waals surface area (Å²) >= 11 is 1.27. The first kappa shape index (κ1) is 19.1. The molecule has 0 saturated heterocycles. The van der Waals surface area contributed by atoms with Crippen LogP contribution in [0.5, 0.6) is 0 Å². The molecule has 1 heterocycles. The number of thioether (sulfide) groups is 1. The molecule has 0 aliphatic heterocycles. The van der Waals surface area contributed by atoms with Gasteiger partial charge in [-0.15, -0.1) is 11.8 Å². The summed E-state index contributed by atoms with van der Waals surface area (Å²) in [4.78, 5) is 24.1. The van der Waals surface area contributed by atoms with Crippen molar-refractivity contribution in [3.05, 3.63) is 41.7 Å². The first-order valence-electron chi connectivity index (χ1n) is 8.22. The largest absolute Gasteiger partial charge is 0.360 e. The van der Waals surface area contributed by atoms with E-state index in [0.717, 1.165) is 18.5 Å². The highest BCUT2D eigenvalue weighted by atomic mass is 32.2. The van der Waals surface area contributed by atoms with Crippen LogP contribution >= 0.6 is 11.8 Å². The lowest BCUT2D eigenvalue weighted by atomic mass is 10.1. The lowest BCUT2D eigenvalue weighted by Gasteiger charge is -2.11. The van der Waals surface area contributed by atoms with Crippen LogP contribution < -0.4 is 10.6 Å². The average Bonchev–Trinajstić information content (AvgIpc) is 2.99. The highest BCUT2D eigenvalue weighted by Gasteiger charge is 2.16. The first-order valence-corrected chi connectivity index (χ1v) is 9.27. The molecule has 2 amide bonds. The van der Waals surface area contributed by atoms with Gasteiger partial charge >= 0.3 is 0 Å². The fraction of sp³-hybridized carbons (Fsp3) is 0.389. The number of aryl methyl sites for hydroxylation is 2. The number of carbonyl (C=O) groups is 2. The molecule has 1 atom stereocenters. The number of anilines is 2. The third kappa shape index (κ3) is 6.26. The molecule has 25 heavy (non-hydrogen) atoms. The fourth-order valence-corrected chi connectivity index (χ4v) is 2.85. The SMILES string of the molecule is CCCc1ccc(NC(=O)CSC(C)C(=O)Nc2cc(C)on2)cc1. The number of aromatic nitrogens is 1. The zero-order chi connectivity index (χ0) is 18.2. The van der Waals surface area contributed by atoms with Crippen molar-refractivity contribution in [1.82, 2.24) is 5.16 Å². The molecule has 0 bridgehead atoms. The van der Waals surface area contributed by atoms with E-state index in [1.165, 1.54) is 17.3 Å². The fourth-order valence-electron chi connectivity index (χ4n) is 2.17. The molecule has 7 heteroatoms.